The van der Waals surface area contributed by atoms with E-state index in [4.69, 9.17) is 14.2 Å². The second-order valence-electron chi connectivity index (χ2n) is 2.69. The second kappa shape index (κ2) is 4.15. The normalized spacial score (nSPS) is 43.0. The Bertz CT molecular complexity index is 124. The van der Waals surface area contributed by atoms with Gasteiger partial charge < -0.3 is 24.4 Å². The first kappa shape index (κ1) is 9.88. The molecule has 0 aromatic carbocycles. The van der Waals surface area contributed by atoms with Crippen molar-refractivity contribution in [2.45, 2.75) is 24.6 Å². The van der Waals surface area contributed by atoms with Crippen LogP contribution >= 0.6 is 0 Å². The zero-order valence-electron chi connectivity index (χ0n) is 7.14. The molecule has 1 rings (SSSR count). The number of hydrogen-bond acceptors (Lipinski definition) is 5. The van der Waals surface area contributed by atoms with Crippen molar-refractivity contribution >= 4 is 0 Å². The van der Waals surface area contributed by atoms with E-state index in [2.05, 4.69) is 0 Å². The molecule has 12 heavy (non-hydrogen) atoms. The van der Waals surface area contributed by atoms with Crippen molar-refractivity contribution in [3.05, 3.63) is 0 Å². The summed E-state index contributed by atoms with van der Waals surface area (Å²) >= 11 is 0. The molecule has 1 fully saturated rings. The monoisotopic (exact) mass is 178 g/mol. The van der Waals surface area contributed by atoms with Gasteiger partial charge in [-0.25, -0.2) is 0 Å². The van der Waals surface area contributed by atoms with E-state index in [1.54, 1.807) is 0 Å². The van der Waals surface area contributed by atoms with Gasteiger partial charge in [-0.2, -0.15) is 0 Å². The van der Waals surface area contributed by atoms with Crippen molar-refractivity contribution in [3.8, 4) is 0 Å². The predicted octanol–water partition coefficient (Wildman–Crippen LogP) is -1.27. The Balaban J connectivity index is 2.52. The minimum atomic E-state index is -1.05. The smallest absolute Gasteiger partial charge is 0.185 e. The maximum absolute atomic E-state index is 9.40. The predicted molar refractivity (Wildman–Crippen MR) is 39.6 cm³/mol. The quantitative estimate of drug-likeness (QED) is 0.551. The first-order valence-electron chi connectivity index (χ1n) is 3.74. The van der Waals surface area contributed by atoms with Gasteiger partial charge in [-0.05, 0) is 0 Å². The lowest BCUT2D eigenvalue weighted by molar-refractivity contribution is -0.265. The molecule has 0 aromatic rings. The number of ether oxygens (including phenoxy) is 3. The lowest BCUT2D eigenvalue weighted by atomic mass is 10.1. The maximum atomic E-state index is 9.40. The number of methoxy groups -OCH3 is 2. The Kier molecular flexibility index (Phi) is 3.42. The third kappa shape index (κ3) is 1.75. The number of aliphatic hydroxyl groups excluding tert-OH is 2. The molecule has 4 atom stereocenters. The number of rotatable bonds is 2. The second-order valence-corrected chi connectivity index (χ2v) is 2.69. The summed E-state index contributed by atoms with van der Waals surface area (Å²) in [6.45, 7) is 0.229. The molecule has 5 nitrogen and oxygen atoms in total. The molecule has 0 radical (unpaired) electrons. The zero-order valence-corrected chi connectivity index (χ0v) is 7.14. The molecule has 0 aromatic heterocycles. The first-order chi connectivity index (χ1) is 5.70. The Labute approximate surface area is 70.9 Å². The molecule has 2 N–H and O–H groups in total. The van der Waals surface area contributed by atoms with Gasteiger partial charge in [-0.15, -0.1) is 0 Å². The fraction of sp³-hybridized carbons (Fsp3) is 1.00. The average molecular weight is 178 g/mol. The van der Waals surface area contributed by atoms with E-state index in [-0.39, 0.29) is 6.61 Å². The van der Waals surface area contributed by atoms with E-state index in [0.717, 1.165) is 0 Å². The van der Waals surface area contributed by atoms with E-state index in [1.165, 1.54) is 14.2 Å². The molecule has 0 spiro atoms. The topological polar surface area (TPSA) is 68.2 Å². The Hall–Kier alpha value is -0.200. The highest BCUT2D eigenvalue weighted by Gasteiger charge is 2.38. The average Bonchev–Trinajstić information content (AvgIpc) is 2.10. The van der Waals surface area contributed by atoms with E-state index in [9.17, 15) is 10.2 Å². The highest BCUT2D eigenvalue weighted by Crippen LogP contribution is 2.17. The minimum Gasteiger partial charge on any atom is -0.387 e. The Morgan fingerprint density at radius 1 is 1.17 bits per heavy atom. The molecule has 1 aliphatic rings. The molecule has 0 saturated carbocycles. The fourth-order valence-corrected chi connectivity index (χ4v) is 1.18. The van der Waals surface area contributed by atoms with Gasteiger partial charge in [0.15, 0.2) is 6.29 Å². The van der Waals surface area contributed by atoms with Gasteiger partial charge in [-0.3, -0.25) is 0 Å². The fourth-order valence-electron chi connectivity index (χ4n) is 1.18. The van der Waals surface area contributed by atoms with Crippen molar-refractivity contribution in [2.75, 3.05) is 20.8 Å². The van der Waals surface area contributed by atoms with E-state index < -0.39 is 24.6 Å². The van der Waals surface area contributed by atoms with Crippen LogP contribution in [0.4, 0.5) is 0 Å². The van der Waals surface area contributed by atoms with Crippen molar-refractivity contribution < 1.29 is 24.4 Å². The van der Waals surface area contributed by atoms with E-state index in [1.807, 2.05) is 0 Å². The van der Waals surface area contributed by atoms with Crippen LogP contribution in [0.2, 0.25) is 0 Å². The van der Waals surface area contributed by atoms with Gasteiger partial charge in [0.2, 0.25) is 0 Å². The number of aliphatic hydroxyl groups is 2. The van der Waals surface area contributed by atoms with Crippen LogP contribution in [0.3, 0.4) is 0 Å². The summed E-state index contributed by atoms with van der Waals surface area (Å²) in [5.74, 6) is 0. The Morgan fingerprint density at radius 3 is 2.33 bits per heavy atom. The molecule has 1 aliphatic heterocycles. The largest absolute Gasteiger partial charge is 0.387 e. The lowest BCUT2D eigenvalue weighted by Crippen LogP contribution is -2.54. The molecular formula is C7H14O5. The summed E-state index contributed by atoms with van der Waals surface area (Å²) in [5.41, 5.74) is 0. The molecular weight excluding hydrogens is 164 g/mol. The van der Waals surface area contributed by atoms with Crippen molar-refractivity contribution in [2.24, 2.45) is 0 Å². The van der Waals surface area contributed by atoms with Crippen molar-refractivity contribution in [1.29, 1.82) is 0 Å². The van der Waals surface area contributed by atoms with Crippen LogP contribution in [-0.4, -0.2) is 55.6 Å². The molecule has 0 aliphatic carbocycles. The lowest BCUT2D eigenvalue weighted by Gasteiger charge is -2.35. The van der Waals surface area contributed by atoms with E-state index >= 15 is 0 Å². The van der Waals surface area contributed by atoms with Crippen LogP contribution < -0.4 is 0 Å². The maximum Gasteiger partial charge on any atom is 0.185 e. The third-order valence-electron chi connectivity index (χ3n) is 1.97. The standard InChI is InChI=1S/C7H14O5/c1-10-4-3-12-7(11-2)6(9)5(4)8/h4-9H,3H2,1-2H3/t4-,5-,6+,7+/m0/s1. The minimum absolute atomic E-state index is 0.229. The van der Waals surface area contributed by atoms with Crippen LogP contribution in [0, 0.1) is 0 Å². The third-order valence-corrected chi connectivity index (χ3v) is 1.97. The molecule has 0 amide bonds. The van der Waals surface area contributed by atoms with Crippen LogP contribution in [0.5, 0.6) is 0 Å². The van der Waals surface area contributed by atoms with Crippen LogP contribution in [0.25, 0.3) is 0 Å². The Morgan fingerprint density at radius 2 is 1.83 bits per heavy atom. The van der Waals surface area contributed by atoms with Crippen molar-refractivity contribution in [1.82, 2.24) is 0 Å². The summed E-state index contributed by atoms with van der Waals surface area (Å²) in [4.78, 5) is 0. The van der Waals surface area contributed by atoms with Gasteiger partial charge in [0.05, 0.1) is 6.61 Å². The summed E-state index contributed by atoms with van der Waals surface area (Å²) in [6.07, 6.45) is -3.24. The highest BCUT2D eigenvalue weighted by molar-refractivity contribution is 4.83. The summed E-state index contributed by atoms with van der Waals surface area (Å²) in [7, 11) is 2.87. The van der Waals surface area contributed by atoms with Gasteiger partial charge in [0.1, 0.15) is 18.3 Å². The summed E-state index contributed by atoms with van der Waals surface area (Å²) in [5, 5.41) is 18.8. The van der Waals surface area contributed by atoms with Gasteiger partial charge in [0.25, 0.3) is 0 Å². The molecule has 5 heteroatoms. The summed E-state index contributed by atoms with van der Waals surface area (Å²) < 4.78 is 14.7. The van der Waals surface area contributed by atoms with Crippen LogP contribution in [-0.2, 0) is 14.2 Å². The van der Waals surface area contributed by atoms with Gasteiger partial charge in [-0.1, -0.05) is 0 Å². The summed E-state index contributed by atoms with van der Waals surface area (Å²) in [6, 6.07) is 0. The molecule has 0 unspecified atom stereocenters. The van der Waals surface area contributed by atoms with Crippen molar-refractivity contribution in [3.63, 3.8) is 0 Å². The van der Waals surface area contributed by atoms with Gasteiger partial charge >= 0.3 is 0 Å². The van der Waals surface area contributed by atoms with Crippen LogP contribution in [0.1, 0.15) is 0 Å². The molecule has 0 bridgehead atoms. The van der Waals surface area contributed by atoms with E-state index in [0.29, 0.717) is 0 Å². The zero-order chi connectivity index (χ0) is 9.14. The molecule has 72 valence electrons. The van der Waals surface area contributed by atoms with Gasteiger partial charge in [0, 0.05) is 14.2 Å². The SMILES string of the molecule is CO[C@@H]1OC[C@H](OC)[C@H](O)[C@H]1O. The highest BCUT2D eigenvalue weighted by atomic mass is 16.7. The van der Waals surface area contributed by atoms with Crippen LogP contribution in [0.15, 0.2) is 0 Å². The molecule has 1 saturated heterocycles. The molecule has 1 heterocycles. The number of hydrogen-bond donors (Lipinski definition) is 2. The first-order valence-corrected chi connectivity index (χ1v) is 3.74.